The standard InChI is InChI=1S/C17H20N6O/c1-11(2)16(14-9-21-23(3)10-14)22-17(24)15-5-4-12(6-18-15)13-7-19-20-8-13/h4-11,16H,1-3H3,(H,19,20)(H,22,24). The molecule has 1 amide bonds. The van der Waals surface area contributed by atoms with Crippen LogP contribution in [0, 0.1) is 5.92 Å². The lowest BCUT2D eigenvalue weighted by Gasteiger charge is -2.21. The van der Waals surface area contributed by atoms with Gasteiger partial charge in [-0.15, -0.1) is 0 Å². The van der Waals surface area contributed by atoms with Gasteiger partial charge in [0.1, 0.15) is 5.69 Å². The fourth-order valence-corrected chi connectivity index (χ4v) is 2.56. The van der Waals surface area contributed by atoms with E-state index in [0.29, 0.717) is 5.69 Å². The Morgan fingerprint density at radius 2 is 2.04 bits per heavy atom. The van der Waals surface area contributed by atoms with Crippen LogP contribution in [-0.4, -0.2) is 30.9 Å². The van der Waals surface area contributed by atoms with Crippen LogP contribution < -0.4 is 5.32 Å². The highest BCUT2D eigenvalue weighted by Crippen LogP contribution is 2.22. The van der Waals surface area contributed by atoms with Gasteiger partial charge in [-0.25, -0.2) is 0 Å². The minimum Gasteiger partial charge on any atom is -0.344 e. The number of aryl methyl sites for hydroxylation is 1. The van der Waals surface area contributed by atoms with E-state index >= 15 is 0 Å². The van der Waals surface area contributed by atoms with E-state index in [-0.39, 0.29) is 17.9 Å². The molecule has 0 aliphatic heterocycles. The third-order valence-electron chi connectivity index (χ3n) is 3.86. The van der Waals surface area contributed by atoms with E-state index in [2.05, 4.69) is 39.4 Å². The van der Waals surface area contributed by atoms with E-state index in [0.717, 1.165) is 16.7 Å². The van der Waals surface area contributed by atoms with Crippen LogP contribution in [0.1, 0.15) is 35.9 Å². The number of rotatable bonds is 5. The number of carbonyl (C=O) groups is 1. The molecule has 0 spiro atoms. The average molecular weight is 324 g/mol. The second-order valence-corrected chi connectivity index (χ2v) is 6.06. The number of pyridine rings is 1. The van der Waals surface area contributed by atoms with Gasteiger partial charge in [0.25, 0.3) is 5.91 Å². The fourth-order valence-electron chi connectivity index (χ4n) is 2.56. The predicted octanol–water partition coefficient (Wildman–Crippen LogP) is 2.33. The number of hydrogen-bond acceptors (Lipinski definition) is 4. The number of carbonyl (C=O) groups excluding carboxylic acids is 1. The van der Waals surface area contributed by atoms with Crippen molar-refractivity contribution in [2.24, 2.45) is 13.0 Å². The third kappa shape index (κ3) is 3.34. The van der Waals surface area contributed by atoms with Crippen molar-refractivity contribution in [2.75, 3.05) is 0 Å². The van der Waals surface area contributed by atoms with Gasteiger partial charge in [-0.3, -0.25) is 19.6 Å². The molecule has 0 aromatic carbocycles. The van der Waals surface area contributed by atoms with Crippen molar-refractivity contribution in [3.8, 4) is 11.1 Å². The maximum absolute atomic E-state index is 12.5. The summed E-state index contributed by atoms with van der Waals surface area (Å²) >= 11 is 0. The molecule has 0 radical (unpaired) electrons. The Balaban J connectivity index is 1.75. The highest BCUT2D eigenvalue weighted by Gasteiger charge is 2.21. The van der Waals surface area contributed by atoms with E-state index in [9.17, 15) is 4.79 Å². The maximum Gasteiger partial charge on any atom is 0.270 e. The van der Waals surface area contributed by atoms with Crippen LogP contribution in [0.5, 0.6) is 0 Å². The van der Waals surface area contributed by atoms with E-state index < -0.39 is 0 Å². The van der Waals surface area contributed by atoms with E-state index in [1.807, 2.05) is 19.3 Å². The van der Waals surface area contributed by atoms with Crippen LogP contribution in [0.15, 0.2) is 43.1 Å². The van der Waals surface area contributed by atoms with Gasteiger partial charge in [-0.1, -0.05) is 19.9 Å². The normalized spacial score (nSPS) is 12.3. The van der Waals surface area contributed by atoms with Gasteiger partial charge in [0, 0.05) is 42.3 Å². The zero-order chi connectivity index (χ0) is 17.1. The summed E-state index contributed by atoms with van der Waals surface area (Å²) in [5, 5.41) is 13.9. The molecule has 7 heteroatoms. The van der Waals surface area contributed by atoms with Crippen LogP contribution in [0.2, 0.25) is 0 Å². The molecule has 0 aliphatic rings. The average Bonchev–Trinajstić information content (AvgIpc) is 3.24. The summed E-state index contributed by atoms with van der Waals surface area (Å²) in [6.07, 6.45) is 8.87. The highest BCUT2D eigenvalue weighted by atomic mass is 16.1. The molecule has 2 N–H and O–H groups in total. The molecule has 1 unspecified atom stereocenters. The molecule has 3 aromatic heterocycles. The number of aromatic amines is 1. The molecule has 0 fully saturated rings. The molecule has 0 saturated heterocycles. The van der Waals surface area contributed by atoms with Gasteiger partial charge in [0.15, 0.2) is 0 Å². The summed E-state index contributed by atoms with van der Waals surface area (Å²) < 4.78 is 1.73. The van der Waals surface area contributed by atoms with E-state index in [1.165, 1.54) is 0 Å². The number of H-pyrrole nitrogens is 1. The Kier molecular flexibility index (Phi) is 4.41. The fraction of sp³-hybridized carbons (Fsp3) is 0.294. The topological polar surface area (TPSA) is 88.5 Å². The molecule has 0 saturated carbocycles. The van der Waals surface area contributed by atoms with Gasteiger partial charge in [0.05, 0.1) is 18.4 Å². The summed E-state index contributed by atoms with van der Waals surface area (Å²) in [7, 11) is 1.86. The maximum atomic E-state index is 12.5. The molecule has 7 nitrogen and oxygen atoms in total. The molecule has 3 aromatic rings. The van der Waals surface area contributed by atoms with Gasteiger partial charge < -0.3 is 5.32 Å². The van der Waals surface area contributed by atoms with E-state index in [4.69, 9.17) is 0 Å². The van der Waals surface area contributed by atoms with Crippen molar-refractivity contribution in [3.05, 3.63) is 54.4 Å². The number of nitrogens with one attached hydrogen (secondary N) is 2. The first kappa shape index (κ1) is 15.9. The molecule has 3 heterocycles. The van der Waals surface area contributed by atoms with Crippen LogP contribution in [0.4, 0.5) is 0 Å². The van der Waals surface area contributed by atoms with Crippen molar-refractivity contribution in [2.45, 2.75) is 19.9 Å². The molecular formula is C17H20N6O. The molecule has 0 bridgehead atoms. The first-order chi connectivity index (χ1) is 11.5. The summed E-state index contributed by atoms with van der Waals surface area (Å²) in [5.74, 6) is 0.0413. The number of hydrogen-bond donors (Lipinski definition) is 2. The minimum atomic E-state index is -0.198. The van der Waals surface area contributed by atoms with Crippen molar-refractivity contribution in [1.82, 2.24) is 30.3 Å². The lowest BCUT2D eigenvalue weighted by Crippen LogP contribution is -2.32. The first-order valence-corrected chi connectivity index (χ1v) is 7.79. The largest absolute Gasteiger partial charge is 0.344 e. The number of amides is 1. The Labute approximate surface area is 140 Å². The molecule has 24 heavy (non-hydrogen) atoms. The van der Waals surface area contributed by atoms with Gasteiger partial charge in [-0.05, 0) is 12.0 Å². The molecular weight excluding hydrogens is 304 g/mol. The monoisotopic (exact) mass is 324 g/mol. The van der Waals surface area contributed by atoms with Gasteiger partial charge in [-0.2, -0.15) is 10.2 Å². The molecule has 124 valence electrons. The van der Waals surface area contributed by atoms with Crippen LogP contribution in [0.25, 0.3) is 11.1 Å². The summed E-state index contributed by atoms with van der Waals surface area (Å²) in [6.45, 7) is 4.13. The molecule has 1 atom stereocenters. The molecule has 0 aliphatic carbocycles. The van der Waals surface area contributed by atoms with Crippen LogP contribution in [-0.2, 0) is 7.05 Å². The van der Waals surface area contributed by atoms with Crippen molar-refractivity contribution in [3.63, 3.8) is 0 Å². The Hall–Kier alpha value is -2.96. The Morgan fingerprint density at radius 1 is 1.21 bits per heavy atom. The zero-order valence-electron chi connectivity index (χ0n) is 13.9. The van der Waals surface area contributed by atoms with Gasteiger partial charge in [0.2, 0.25) is 0 Å². The highest BCUT2D eigenvalue weighted by molar-refractivity contribution is 5.92. The summed E-state index contributed by atoms with van der Waals surface area (Å²) in [4.78, 5) is 16.8. The Morgan fingerprint density at radius 3 is 2.58 bits per heavy atom. The second-order valence-electron chi connectivity index (χ2n) is 6.06. The van der Waals surface area contributed by atoms with Gasteiger partial charge >= 0.3 is 0 Å². The Bertz CT molecular complexity index is 804. The number of aromatic nitrogens is 5. The van der Waals surface area contributed by atoms with Crippen LogP contribution >= 0.6 is 0 Å². The lowest BCUT2D eigenvalue weighted by atomic mass is 9.98. The second kappa shape index (κ2) is 6.66. The zero-order valence-corrected chi connectivity index (χ0v) is 13.9. The van der Waals surface area contributed by atoms with Crippen molar-refractivity contribution < 1.29 is 4.79 Å². The smallest absolute Gasteiger partial charge is 0.270 e. The number of nitrogens with zero attached hydrogens (tertiary/aromatic N) is 4. The summed E-state index contributed by atoms with van der Waals surface area (Å²) in [6, 6.07) is 3.47. The quantitative estimate of drug-likeness (QED) is 0.754. The minimum absolute atomic E-state index is 0.110. The van der Waals surface area contributed by atoms with Crippen molar-refractivity contribution >= 4 is 5.91 Å². The van der Waals surface area contributed by atoms with Crippen molar-refractivity contribution in [1.29, 1.82) is 0 Å². The van der Waals surface area contributed by atoms with Crippen LogP contribution in [0.3, 0.4) is 0 Å². The lowest BCUT2D eigenvalue weighted by molar-refractivity contribution is 0.0920. The summed E-state index contributed by atoms with van der Waals surface area (Å²) in [5.41, 5.74) is 3.21. The molecule has 3 rings (SSSR count). The third-order valence-corrected chi connectivity index (χ3v) is 3.86. The first-order valence-electron chi connectivity index (χ1n) is 7.79. The SMILES string of the molecule is CC(C)C(NC(=O)c1ccc(-c2cn[nH]c2)cn1)c1cnn(C)c1. The van der Waals surface area contributed by atoms with E-state index in [1.54, 1.807) is 35.5 Å². The predicted molar refractivity (Wildman–Crippen MR) is 90.1 cm³/mol.